The van der Waals surface area contributed by atoms with Crippen molar-refractivity contribution in [3.8, 4) is 0 Å². The Bertz CT molecular complexity index is 332. The molecule has 7 heteroatoms. The van der Waals surface area contributed by atoms with E-state index in [0.29, 0.717) is 13.0 Å². The van der Waals surface area contributed by atoms with E-state index in [-0.39, 0.29) is 12.6 Å². The van der Waals surface area contributed by atoms with E-state index in [4.69, 9.17) is 4.74 Å². The summed E-state index contributed by atoms with van der Waals surface area (Å²) in [5, 5.41) is 3.11. The Morgan fingerprint density at radius 1 is 1.35 bits per heavy atom. The molecule has 0 aromatic rings. The lowest BCUT2D eigenvalue weighted by Crippen LogP contribution is -2.59. The fourth-order valence-corrected chi connectivity index (χ4v) is 2.30. The molecule has 118 valence electrons. The van der Waals surface area contributed by atoms with Gasteiger partial charge >= 0.3 is 12.1 Å². The van der Waals surface area contributed by atoms with Crippen molar-refractivity contribution in [2.24, 2.45) is 0 Å². The number of carbonyl (C=O) groups is 1. The Hall–Kier alpha value is -0.820. The van der Waals surface area contributed by atoms with Crippen molar-refractivity contribution in [3.63, 3.8) is 0 Å². The number of carbonyl (C=O) groups excluding carboxylic acids is 1. The van der Waals surface area contributed by atoms with E-state index in [9.17, 15) is 18.0 Å². The van der Waals surface area contributed by atoms with E-state index in [1.807, 2.05) is 6.92 Å². The van der Waals surface area contributed by atoms with Crippen molar-refractivity contribution in [3.05, 3.63) is 0 Å². The van der Waals surface area contributed by atoms with Gasteiger partial charge in [-0.25, -0.2) is 0 Å². The van der Waals surface area contributed by atoms with Gasteiger partial charge in [0.25, 0.3) is 0 Å². The normalized spacial score (nSPS) is 18.9. The number of hydrogen-bond donors (Lipinski definition) is 1. The lowest BCUT2D eigenvalue weighted by molar-refractivity contribution is -0.157. The molecule has 1 aliphatic carbocycles. The van der Waals surface area contributed by atoms with Gasteiger partial charge in [-0.15, -0.1) is 0 Å². The summed E-state index contributed by atoms with van der Waals surface area (Å²) in [6, 6.07) is 0.202. The van der Waals surface area contributed by atoms with E-state index >= 15 is 0 Å². The maximum atomic E-state index is 12.6. The Labute approximate surface area is 117 Å². The SMILES string of the molecule is CCCN(CC(F)(F)F)CC(C)(NC1CC1)C(=O)OC. The third-order valence-corrected chi connectivity index (χ3v) is 3.22. The zero-order chi connectivity index (χ0) is 15.4. The highest BCUT2D eigenvalue weighted by Crippen LogP contribution is 2.25. The van der Waals surface area contributed by atoms with Gasteiger partial charge in [0.15, 0.2) is 0 Å². The van der Waals surface area contributed by atoms with E-state index in [1.165, 1.54) is 12.0 Å². The number of hydrogen-bond acceptors (Lipinski definition) is 4. The van der Waals surface area contributed by atoms with Crippen molar-refractivity contribution in [2.75, 3.05) is 26.7 Å². The quantitative estimate of drug-likeness (QED) is 0.695. The average Bonchev–Trinajstić information content (AvgIpc) is 3.09. The van der Waals surface area contributed by atoms with Crippen LogP contribution < -0.4 is 5.32 Å². The topological polar surface area (TPSA) is 41.6 Å². The van der Waals surface area contributed by atoms with Crippen LogP contribution in [0.3, 0.4) is 0 Å². The third-order valence-electron chi connectivity index (χ3n) is 3.22. The summed E-state index contributed by atoms with van der Waals surface area (Å²) in [5.41, 5.74) is -1.10. The number of alkyl halides is 3. The average molecular weight is 296 g/mol. The Morgan fingerprint density at radius 3 is 2.35 bits per heavy atom. The summed E-state index contributed by atoms with van der Waals surface area (Å²) in [5.74, 6) is -0.521. The summed E-state index contributed by atoms with van der Waals surface area (Å²) in [7, 11) is 1.25. The van der Waals surface area contributed by atoms with E-state index in [2.05, 4.69) is 5.32 Å². The molecule has 1 rings (SSSR count). The van der Waals surface area contributed by atoms with Gasteiger partial charge in [0, 0.05) is 12.6 Å². The minimum atomic E-state index is -4.27. The molecule has 0 aromatic carbocycles. The van der Waals surface area contributed by atoms with Gasteiger partial charge in [0.05, 0.1) is 13.7 Å². The molecule has 20 heavy (non-hydrogen) atoms. The molecule has 4 nitrogen and oxygen atoms in total. The highest BCUT2D eigenvalue weighted by molar-refractivity contribution is 5.80. The molecule has 1 atom stereocenters. The lowest BCUT2D eigenvalue weighted by Gasteiger charge is -2.34. The number of esters is 1. The van der Waals surface area contributed by atoms with Crippen LogP contribution in [0.4, 0.5) is 13.2 Å². The van der Waals surface area contributed by atoms with Gasteiger partial charge in [0.2, 0.25) is 0 Å². The largest absolute Gasteiger partial charge is 0.468 e. The molecule has 0 spiro atoms. The predicted molar refractivity (Wildman–Crippen MR) is 69.4 cm³/mol. The summed E-state index contributed by atoms with van der Waals surface area (Å²) in [4.78, 5) is 13.2. The zero-order valence-corrected chi connectivity index (χ0v) is 12.2. The molecule has 1 N–H and O–H groups in total. The van der Waals surface area contributed by atoms with Gasteiger partial charge in [0.1, 0.15) is 5.54 Å². The Balaban J connectivity index is 2.74. The molecule has 0 aliphatic heterocycles. The first-order chi connectivity index (χ1) is 9.20. The number of ether oxygens (including phenoxy) is 1. The number of nitrogens with one attached hydrogen (secondary N) is 1. The Kier molecular flexibility index (Phi) is 5.82. The monoisotopic (exact) mass is 296 g/mol. The first kappa shape index (κ1) is 17.2. The molecular formula is C13H23F3N2O2. The molecule has 0 aromatic heterocycles. The van der Waals surface area contributed by atoms with Crippen LogP contribution in [-0.4, -0.2) is 55.4 Å². The summed E-state index contributed by atoms with van der Waals surface area (Å²) in [6.45, 7) is 2.69. The first-order valence-corrected chi connectivity index (χ1v) is 6.85. The van der Waals surface area contributed by atoms with Crippen LogP contribution in [0.1, 0.15) is 33.1 Å². The molecule has 0 amide bonds. The molecule has 0 saturated heterocycles. The van der Waals surface area contributed by atoms with Crippen molar-refractivity contribution in [1.29, 1.82) is 0 Å². The highest BCUT2D eigenvalue weighted by Gasteiger charge is 2.42. The minimum Gasteiger partial charge on any atom is -0.468 e. The number of nitrogens with zero attached hydrogens (tertiary/aromatic N) is 1. The van der Waals surface area contributed by atoms with Crippen LogP contribution in [0.5, 0.6) is 0 Å². The molecule has 1 unspecified atom stereocenters. The van der Waals surface area contributed by atoms with Crippen molar-refractivity contribution in [2.45, 2.75) is 50.9 Å². The molecule has 0 radical (unpaired) electrons. The van der Waals surface area contributed by atoms with Crippen molar-refractivity contribution < 1.29 is 22.7 Å². The molecule has 0 heterocycles. The van der Waals surface area contributed by atoms with E-state index < -0.39 is 24.2 Å². The van der Waals surface area contributed by atoms with Crippen molar-refractivity contribution in [1.82, 2.24) is 10.2 Å². The maximum absolute atomic E-state index is 12.6. The van der Waals surface area contributed by atoms with Gasteiger partial charge in [-0.3, -0.25) is 15.0 Å². The number of halogens is 3. The molecule has 1 aliphatic rings. The van der Waals surface area contributed by atoms with Gasteiger partial charge in [-0.05, 0) is 32.7 Å². The third kappa shape index (κ3) is 5.66. The summed E-state index contributed by atoms with van der Waals surface area (Å²) >= 11 is 0. The summed E-state index contributed by atoms with van der Waals surface area (Å²) in [6.07, 6.45) is -1.79. The second-order valence-electron chi connectivity index (χ2n) is 5.57. The Morgan fingerprint density at radius 2 is 1.95 bits per heavy atom. The van der Waals surface area contributed by atoms with Gasteiger partial charge in [-0.2, -0.15) is 13.2 Å². The maximum Gasteiger partial charge on any atom is 0.401 e. The molecule has 1 saturated carbocycles. The molecule has 1 fully saturated rings. The first-order valence-electron chi connectivity index (χ1n) is 6.85. The summed E-state index contributed by atoms with van der Waals surface area (Å²) < 4.78 is 42.5. The fourth-order valence-electron chi connectivity index (χ4n) is 2.30. The molecule has 0 bridgehead atoms. The van der Waals surface area contributed by atoms with Crippen molar-refractivity contribution >= 4 is 5.97 Å². The van der Waals surface area contributed by atoms with Crippen LogP contribution in [0.2, 0.25) is 0 Å². The zero-order valence-electron chi connectivity index (χ0n) is 12.2. The highest BCUT2D eigenvalue weighted by atomic mass is 19.4. The smallest absolute Gasteiger partial charge is 0.401 e. The number of rotatable bonds is 8. The van der Waals surface area contributed by atoms with Crippen LogP contribution in [0.15, 0.2) is 0 Å². The van der Waals surface area contributed by atoms with E-state index in [0.717, 1.165) is 12.8 Å². The minimum absolute atomic E-state index is 0.0104. The van der Waals surface area contributed by atoms with E-state index in [1.54, 1.807) is 6.92 Å². The fraction of sp³-hybridized carbons (Fsp3) is 0.923. The van der Waals surface area contributed by atoms with Crippen LogP contribution in [-0.2, 0) is 9.53 Å². The number of methoxy groups -OCH3 is 1. The lowest BCUT2D eigenvalue weighted by atomic mass is 10.0. The van der Waals surface area contributed by atoms with Gasteiger partial charge in [-0.1, -0.05) is 6.92 Å². The second kappa shape index (κ2) is 6.76. The van der Waals surface area contributed by atoms with Crippen LogP contribution in [0.25, 0.3) is 0 Å². The van der Waals surface area contributed by atoms with Crippen LogP contribution in [0, 0.1) is 0 Å². The second-order valence-corrected chi connectivity index (χ2v) is 5.57. The molecular weight excluding hydrogens is 273 g/mol. The van der Waals surface area contributed by atoms with Crippen LogP contribution >= 0.6 is 0 Å². The standard InChI is InChI=1S/C13H23F3N2O2/c1-4-7-18(9-13(14,15)16)8-12(2,11(19)20-3)17-10-5-6-10/h10,17H,4-9H2,1-3H3. The predicted octanol–water partition coefficient (Wildman–Crippen LogP) is 1.94. The van der Waals surface area contributed by atoms with Gasteiger partial charge < -0.3 is 4.74 Å².